The van der Waals surface area contributed by atoms with E-state index in [9.17, 15) is 14.7 Å². The lowest BCUT2D eigenvalue weighted by molar-refractivity contribution is 0.0716. The summed E-state index contributed by atoms with van der Waals surface area (Å²) in [5.41, 5.74) is 3.01. The van der Waals surface area contributed by atoms with Gasteiger partial charge in [-0.15, -0.1) is 0 Å². The van der Waals surface area contributed by atoms with Crippen molar-refractivity contribution in [2.24, 2.45) is 0 Å². The molecule has 0 saturated heterocycles. The lowest BCUT2D eigenvalue weighted by Crippen LogP contribution is -2.31. The van der Waals surface area contributed by atoms with Crippen LogP contribution < -0.4 is 14.9 Å². The first-order valence-electron chi connectivity index (χ1n) is 11.7. The van der Waals surface area contributed by atoms with E-state index < -0.39 is 6.04 Å². The molecule has 1 aliphatic heterocycles. The molecule has 0 radical (unpaired) electrons. The average molecular weight is 466 g/mol. The zero-order chi connectivity index (χ0) is 24.4. The number of nitrogens with zero attached hydrogens (tertiary/aromatic N) is 1. The Balaban J connectivity index is 1.88. The molecule has 0 fully saturated rings. The number of carbonyl (C=O) groups is 1. The number of aliphatic hydroxyl groups excluding tert-OH is 1. The molecule has 0 saturated carbocycles. The predicted molar refractivity (Wildman–Crippen MR) is 130 cm³/mol. The van der Waals surface area contributed by atoms with Crippen LogP contribution in [0.1, 0.15) is 65.0 Å². The third-order valence-corrected chi connectivity index (χ3v) is 6.23. The summed E-state index contributed by atoms with van der Waals surface area (Å²) < 4.78 is 17.5. The summed E-state index contributed by atoms with van der Waals surface area (Å²) in [5.74, 6) is 0.859. The lowest BCUT2D eigenvalue weighted by atomic mass is 9.96. The van der Waals surface area contributed by atoms with E-state index in [4.69, 9.17) is 13.9 Å². The maximum absolute atomic E-state index is 13.8. The van der Waals surface area contributed by atoms with Gasteiger partial charge in [0.1, 0.15) is 5.58 Å². The topological polar surface area (TPSA) is 89.2 Å². The minimum atomic E-state index is -0.644. The van der Waals surface area contributed by atoms with Gasteiger partial charge in [-0.3, -0.25) is 9.59 Å². The summed E-state index contributed by atoms with van der Waals surface area (Å²) in [6.07, 6.45) is 2.33. The van der Waals surface area contributed by atoms with Crippen molar-refractivity contribution in [1.82, 2.24) is 4.90 Å². The number of aliphatic hydroxyl groups is 1. The number of fused-ring (bicyclic) bond motifs is 2. The summed E-state index contributed by atoms with van der Waals surface area (Å²) in [7, 11) is 1.57. The maximum atomic E-state index is 13.8. The zero-order valence-corrected chi connectivity index (χ0v) is 20.1. The molecule has 7 nitrogen and oxygen atoms in total. The van der Waals surface area contributed by atoms with Gasteiger partial charge in [0.15, 0.2) is 16.9 Å². The van der Waals surface area contributed by atoms with Crippen molar-refractivity contribution < 1.29 is 23.8 Å². The molecule has 2 aromatic carbocycles. The fraction of sp³-hybridized carbons (Fsp3) is 0.407. The van der Waals surface area contributed by atoms with E-state index >= 15 is 0 Å². The summed E-state index contributed by atoms with van der Waals surface area (Å²) >= 11 is 0. The van der Waals surface area contributed by atoms with Crippen LogP contribution in [-0.4, -0.2) is 42.8 Å². The Hall–Kier alpha value is -3.32. The van der Waals surface area contributed by atoms with Gasteiger partial charge in [-0.05, 0) is 61.6 Å². The van der Waals surface area contributed by atoms with Crippen molar-refractivity contribution in [1.29, 1.82) is 0 Å². The Kier molecular flexibility index (Phi) is 6.93. The maximum Gasteiger partial charge on any atom is 0.290 e. The molecule has 34 heavy (non-hydrogen) atoms. The molecule has 7 heteroatoms. The molecule has 180 valence electrons. The van der Waals surface area contributed by atoms with Crippen molar-refractivity contribution in [3.05, 3.63) is 68.6 Å². The highest BCUT2D eigenvalue weighted by molar-refractivity contribution is 5.99. The predicted octanol–water partition coefficient (Wildman–Crippen LogP) is 4.52. The molecular weight excluding hydrogens is 434 g/mol. The molecular formula is C27H31NO6. The van der Waals surface area contributed by atoms with E-state index in [1.54, 1.807) is 18.1 Å². The van der Waals surface area contributed by atoms with Crippen LogP contribution in [0.25, 0.3) is 11.0 Å². The zero-order valence-electron chi connectivity index (χ0n) is 20.1. The summed E-state index contributed by atoms with van der Waals surface area (Å²) in [6.45, 7) is 6.69. The Morgan fingerprint density at radius 2 is 1.88 bits per heavy atom. The van der Waals surface area contributed by atoms with Crippen LogP contribution in [0.2, 0.25) is 0 Å². The number of amides is 1. The number of hydrogen-bond acceptors (Lipinski definition) is 6. The number of aryl methyl sites for hydroxylation is 2. The fourth-order valence-corrected chi connectivity index (χ4v) is 4.63. The summed E-state index contributed by atoms with van der Waals surface area (Å²) in [4.78, 5) is 28.8. The van der Waals surface area contributed by atoms with Gasteiger partial charge in [0.2, 0.25) is 5.76 Å². The average Bonchev–Trinajstić information content (AvgIpc) is 3.09. The van der Waals surface area contributed by atoms with Crippen molar-refractivity contribution in [3.8, 4) is 11.5 Å². The van der Waals surface area contributed by atoms with E-state index in [-0.39, 0.29) is 30.2 Å². The normalized spacial score (nSPS) is 15.1. The van der Waals surface area contributed by atoms with Gasteiger partial charge in [0.25, 0.3) is 5.91 Å². The Bertz CT molecular complexity index is 1280. The van der Waals surface area contributed by atoms with Gasteiger partial charge >= 0.3 is 0 Å². The summed E-state index contributed by atoms with van der Waals surface area (Å²) in [6, 6.07) is 8.56. The molecule has 3 aromatic rings. The SMILES string of the molecule is CCCCOc1ccc(C2c3c(oc4cc(C)cc(C)c4c3=O)C(=O)N2CCCO)cc1OC. The number of benzene rings is 2. The minimum absolute atomic E-state index is 0.0627. The van der Waals surface area contributed by atoms with Crippen LogP contribution in [0.15, 0.2) is 39.5 Å². The largest absolute Gasteiger partial charge is 0.493 e. The van der Waals surface area contributed by atoms with Crippen molar-refractivity contribution in [2.45, 2.75) is 46.1 Å². The minimum Gasteiger partial charge on any atom is -0.493 e. The van der Waals surface area contributed by atoms with Crippen LogP contribution in [0.5, 0.6) is 11.5 Å². The molecule has 0 aliphatic carbocycles. The molecule has 1 aliphatic rings. The van der Waals surface area contributed by atoms with Crippen LogP contribution >= 0.6 is 0 Å². The number of carbonyl (C=O) groups excluding carboxylic acids is 1. The van der Waals surface area contributed by atoms with Crippen molar-refractivity contribution in [3.63, 3.8) is 0 Å². The monoisotopic (exact) mass is 465 g/mol. The third kappa shape index (κ3) is 4.16. The van der Waals surface area contributed by atoms with E-state index in [2.05, 4.69) is 6.92 Å². The van der Waals surface area contributed by atoms with E-state index in [1.165, 1.54) is 0 Å². The second-order valence-electron chi connectivity index (χ2n) is 8.72. The standard InChI is InChI=1S/C27H31NO6/c1-5-6-12-33-19-9-8-18(15-20(19)32-4)24-23-25(30)22-17(3)13-16(2)14-21(22)34-26(23)27(31)28(24)10-7-11-29/h8-9,13-15,24,29H,5-7,10-12H2,1-4H3. The Labute approximate surface area is 198 Å². The molecule has 1 unspecified atom stereocenters. The number of ether oxygens (including phenoxy) is 2. The second-order valence-corrected chi connectivity index (χ2v) is 8.72. The van der Waals surface area contributed by atoms with E-state index in [1.807, 2.05) is 38.1 Å². The number of hydrogen-bond donors (Lipinski definition) is 1. The van der Waals surface area contributed by atoms with Gasteiger partial charge in [0, 0.05) is 13.2 Å². The van der Waals surface area contributed by atoms with Crippen molar-refractivity contribution >= 4 is 16.9 Å². The van der Waals surface area contributed by atoms with E-state index in [0.29, 0.717) is 41.1 Å². The first-order chi connectivity index (χ1) is 16.4. The number of rotatable bonds is 9. The molecule has 0 spiro atoms. The molecule has 2 heterocycles. The van der Waals surface area contributed by atoms with Gasteiger partial charge in [0.05, 0.1) is 30.7 Å². The molecule has 1 aromatic heterocycles. The molecule has 1 N–H and O–H groups in total. The molecule has 4 rings (SSSR count). The highest BCUT2D eigenvalue weighted by Gasteiger charge is 2.42. The van der Waals surface area contributed by atoms with Crippen LogP contribution in [0, 0.1) is 13.8 Å². The van der Waals surface area contributed by atoms with Crippen LogP contribution in [-0.2, 0) is 0 Å². The number of methoxy groups -OCH3 is 1. The summed E-state index contributed by atoms with van der Waals surface area (Å²) in [5, 5.41) is 9.91. The fourth-order valence-electron chi connectivity index (χ4n) is 4.63. The van der Waals surface area contributed by atoms with Crippen LogP contribution in [0.3, 0.4) is 0 Å². The second kappa shape index (κ2) is 9.89. The molecule has 1 atom stereocenters. The highest BCUT2D eigenvalue weighted by Crippen LogP contribution is 2.41. The molecule has 1 amide bonds. The Morgan fingerprint density at radius 1 is 1.09 bits per heavy atom. The van der Waals surface area contributed by atoms with Gasteiger partial charge < -0.3 is 23.9 Å². The smallest absolute Gasteiger partial charge is 0.290 e. The quantitative estimate of drug-likeness (QED) is 0.467. The van der Waals surface area contributed by atoms with Gasteiger partial charge in [-0.25, -0.2) is 0 Å². The lowest BCUT2D eigenvalue weighted by Gasteiger charge is -2.25. The molecule has 0 bridgehead atoms. The highest BCUT2D eigenvalue weighted by atomic mass is 16.5. The van der Waals surface area contributed by atoms with Gasteiger partial charge in [-0.2, -0.15) is 0 Å². The van der Waals surface area contributed by atoms with E-state index in [0.717, 1.165) is 29.5 Å². The first-order valence-corrected chi connectivity index (χ1v) is 11.7. The van der Waals surface area contributed by atoms with Gasteiger partial charge in [-0.1, -0.05) is 25.5 Å². The van der Waals surface area contributed by atoms with Crippen molar-refractivity contribution in [2.75, 3.05) is 26.9 Å². The van der Waals surface area contributed by atoms with Crippen LogP contribution in [0.4, 0.5) is 0 Å². The first kappa shape index (κ1) is 23.8. The third-order valence-electron chi connectivity index (χ3n) is 6.23. The Morgan fingerprint density at radius 3 is 2.59 bits per heavy atom. The number of unbranched alkanes of at least 4 members (excludes halogenated alkanes) is 1.